The number of nitrogens with zero attached hydrogens (tertiary/aromatic N) is 3. The van der Waals surface area contributed by atoms with Crippen LogP contribution < -0.4 is 10.1 Å². The average Bonchev–Trinajstić information content (AvgIpc) is 2.78. The number of anilines is 1. The molecule has 18 heavy (non-hydrogen) atoms. The average molecular weight is 264 g/mol. The number of aromatic nitrogens is 3. The van der Waals surface area contributed by atoms with Crippen molar-refractivity contribution in [3.8, 4) is 16.3 Å². The Morgan fingerprint density at radius 1 is 1.33 bits per heavy atom. The van der Waals surface area contributed by atoms with E-state index < -0.39 is 0 Å². The Kier molecular flexibility index (Phi) is 4.09. The highest BCUT2D eigenvalue weighted by atomic mass is 32.1. The minimum atomic E-state index is 0.133. The van der Waals surface area contributed by atoms with E-state index in [9.17, 15) is 0 Å². The molecule has 6 heteroatoms. The van der Waals surface area contributed by atoms with Gasteiger partial charge in [-0.3, -0.25) is 4.98 Å². The molecule has 2 heterocycles. The van der Waals surface area contributed by atoms with Gasteiger partial charge in [-0.1, -0.05) is 11.3 Å². The Labute approximate surface area is 110 Å². The van der Waals surface area contributed by atoms with Gasteiger partial charge in [0.05, 0.1) is 12.3 Å². The Morgan fingerprint density at radius 3 is 2.89 bits per heavy atom. The van der Waals surface area contributed by atoms with Crippen molar-refractivity contribution >= 4 is 16.5 Å². The van der Waals surface area contributed by atoms with Crippen LogP contribution in [0.2, 0.25) is 0 Å². The van der Waals surface area contributed by atoms with Gasteiger partial charge in [0.2, 0.25) is 5.13 Å². The summed E-state index contributed by atoms with van der Waals surface area (Å²) in [7, 11) is 0. The van der Waals surface area contributed by atoms with Gasteiger partial charge in [-0.05, 0) is 26.8 Å². The quantitative estimate of drug-likeness (QED) is 0.899. The summed E-state index contributed by atoms with van der Waals surface area (Å²) < 4.78 is 5.61. The lowest BCUT2D eigenvalue weighted by atomic mass is 10.3. The zero-order chi connectivity index (χ0) is 13.0. The highest BCUT2D eigenvalue weighted by Gasteiger charge is 2.08. The summed E-state index contributed by atoms with van der Waals surface area (Å²) in [6.07, 6.45) is 3.60. The molecule has 0 aromatic carbocycles. The number of ether oxygens (including phenoxy) is 1. The first kappa shape index (κ1) is 12.8. The van der Waals surface area contributed by atoms with Gasteiger partial charge < -0.3 is 10.1 Å². The molecule has 0 fully saturated rings. The first-order valence-electron chi connectivity index (χ1n) is 5.88. The van der Waals surface area contributed by atoms with Gasteiger partial charge in [-0.2, -0.15) is 0 Å². The molecule has 5 nitrogen and oxygen atoms in total. The van der Waals surface area contributed by atoms with Crippen LogP contribution in [0.15, 0.2) is 18.5 Å². The molecule has 0 amide bonds. The summed E-state index contributed by atoms with van der Waals surface area (Å²) in [4.78, 5) is 4.16. The summed E-state index contributed by atoms with van der Waals surface area (Å²) in [5, 5.41) is 13.0. The summed E-state index contributed by atoms with van der Waals surface area (Å²) >= 11 is 1.51. The van der Waals surface area contributed by atoms with Crippen LogP contribution in [0.4, 0.5) is 5.13 Å². The van der Waals surface area contributed by atoms with E-state index in [1.165, 1.54) is 11.3 Å². The van der Waals surface area contributed by atoms with Crippen LogP contribution in [-0.2, 0) is 0 Å². The molecule has 0 saturated carbocycles. The van der Waals surface area contributed by atoms with E-state index in [2.05, 4.69) is 20.5 Å². The maximum atomic E-state index is 5.61. The van der Waals surface area contributed by atoms with Crippen LogP contribution in [0.1, 0.15) is 20.8 Å². The van der Waals surface area contributed by atoms with E-state index in [0.717, 1.165) is 28.0 Å². The molecule has 2 aromatic rings. The van der Waals surface area contributed by atoms with E-state index in [1.807, 2.05) is 26.8 Å². The molecule has 0 radical (unpaired) electrons. The molecule has 0 spiro atoms. The van der Waals surface area contributed by atoms with E-state index in [1.54, 1.807) is 12.4 Å². The van der Waals surface area contributed by atoms with Gasteiger partial charge in [-0.25, -0.2) is 0 Å². The van der Waals surface area contributed by atoms with E-state index in [4.69, 9.17) is 4.74 Å². The summed E-state index contributed by atoms with van der Waals surface area (Å²) in [5.74, 6) is 0.753. The van der Waals surface area contributed by atoms with Crippen LogP contribution in [-0.4, -0.2) is 27.8 Å². The zero-order valence-electron chi connectivity index (χ0n) is 10.7. The van der Waals surface area contributed by atoms with Crippen molar-refractivity contribution in [2.75, 3.05) is 11.9 Å². The fraction of sp³-hybridized carbons (Fsp3) is 0.417. The molecular weight excluding hydrogens is 248 g/mol. The minimum Gasteiger partial charge on any atom is -0.489 e. The Hall–Kier alpha value is -1.69. The molecule has 2 aromatic heterocycles. The molecule has 1 N–H and O–H groups in total. The number of rotatable bonds is 5. The predicted octanol–water partition coefficient (Wildman–Crippen LogP) is 2.82. The Balaban J connectivity index is 2.21. The lowest BCUT2D eigenvalue weighted by Crippen LogP contribution is -2.05. The van der Waals surface area contributed by atoms with Gasteiger partial charge >= 0.3 is 0 Å². The Morgan fingerprint density at radius 2 is 2.17 bits per heavy atom. The zero-order valence-corrected chi connectivity index (χ0v) is 11.5. The SMILES string of the molecule is CCNc1nnc(-c2cncc(OC(C)C)c2)s1. The van der Waals surface area contributed by atoms with Crippen LogP contribution in [0.3, 0.4) is 0 Å². The van der Waals surface area contributed by atoms with E-state index in [0.29, 0.717) is 0 Å². The van der Waals surface area contributed by atoms with Crippen molar-refractivity contribution in [3.05, 3.63) is 18.5 Å². The summed E-state index contributed by atoms with van der Waals surface area (Å²) in [6.45, 7) is 6.84. The standard InChI is InChI=1S/C12H16N4OS/c1-4-14-12-16-15-11(18-12)9-5-10(7-13-6-9)17-8(2)3/h5-8H,4H2,1-3H3,(H,14,16). The third-order valence-corrected chi connectivity index (χ3v) is 3.01. The highest BCUT2D eigenvalue weighted by molar-refractivity contribution is 7.18. The van der Waals surface area contributed by atoms with Crippen LogP contribution in [0.25, 0.3) is 10.6 Å². The third kappa shape index (κ3) is 3.16. The smallest absolute Gasteiger partial charge is 0.205 e. The fourth-order valence-corrected chi connectivity index (χ4v) is 2.23. The van der Waals surface area contributed by atoms with Crippen molar-refractivity contribution in [1.29, 1.82) is 0 Å². The largest absolute Gasteiger partial charge is 0.489 e. The van der Waals surface area contributed by atoms with Crippen LogP contribution in [0, 0.1) is 0 Å². The summed E-state index contributed by atoms with van der Waals surface area (Å²) in [5.41, 5.74) is 0.926. The lowest BCUT2D eigenvalue weighted by Gasteiger charge is -2.09. The second kappa shape index (κ2) is 5.77. The molecule has 96 valence electrons. The normalized spacial score (nSPS) is 10.7. The van der Waals surface area contributed by atoms with Crippen LogP contribution in [0.5, 0.6) is 5.75 Å². The molecule has 0 unspecified atom stereocenters. The molecular formula is C12H16N4OS. The predicted molar refractivity (Wildman–Crippen MR) is 73.1 cm³/mol. The van der Waals surface area contributed by atoms with Crippen molar-refractivity contribution < 1.29 is 4.74 Å². The van der Waals surface area contributed by atoms with Crippen molar-refractivity contribution in [2.45, 2.75) is 26.9 Å². The molecule has 0 aliphatic rings. The van der Waals surface area contributed by atoms with Gasteiger partial charge in [0, 0.05) is 18.3 Å². The van der Waals surface area contributed by atoms with Gasteiger partial charge in [0.1, 0.15) is 5.75 Å². The number of hydrogen-bond donors (Lipinski definition) is 1. The topological polar surface area (TPSA) is 59.9 Å². The monoisotopic (exact) mass is 264 g/mol. The fourth-order valence-electron chi connectivity index (χ4n) is 1.43. The van der Waals surface area contributed by atoms with Crippen molar-refractivity contribution in [3.63, 3.8) is 0 Å². The Bertz CT molecular complexity index is 512. The summed E-state index contributed by atoms with van der Waals surface area (Å²) in [6, 6.07) is 1.93. The second-order valence-electron chi connectivity index (χ2n) is 4.02. The lowest BCUT2D eigenvalue weighted by molar-refractivity contribution is 0.241. The van der Waals surface area contributed by atoms with Crippen molar-refractivity contribution in [2.24, 2.45) is 0 Å². The first-order chi connectivity index (χ1) is 8.69. The maximum Gasteiger partial charge on any atom is 0.205 e. The number of pyridine rings is 1. The van der Waals surface area contributed by atoms with Gasteiger partial charge in [0.25, 0.3) is 0 Å². The molecule has 0 atom stereocenters. The molecule has 0 aliphatic carbocycles. The van der Waals surface area contributed by atoms with Crippen molar-refractivity contribution in [1.82, 2.24) is 15.2 Å². The first-order valence-corrected chi connectivity index (χ1v) is 6.70. The van der Waals surface area contributed by atoms with Gasteiger partial charge in [-0.15, -0.1) is 10.2 Å². The highest BCUT2D eigenvalue weighted by Crippen LogP contribution is 2.28. The second-order valence-corrected chi connectivity index (χ2v) is 5.00. The molecule has 0 aliphatic heterocycles. The maximum absolute atomic E-state index is 5.61. The molecule has 2 rings (SSSR count). The number of hydrogen-bond acceptors (Lipinski definition) is 6. The minimum absolute atomic E-state index is 0.133. The van der Waals surface area contributed by atoms with E-state index in [-0.39, 0.29) is 6.10 Å². The third-order valence-electron chi connectivity index (χ3n) is 2.08. The molecule has 0 bridgehead atoms. The molecule has 0 saturated heterocycles. The number of nitrogens with one attached hydrogen (secondary N) is 1. The van der Waals surface area contributed by atoms with Crippen LogP contribution >= 0.6 is 11.3 Å². The van der Waals surface area contributed by atoms with Gasteiger partial charge in [0.15, 0.2) is 5.01 Å². The van der Waals surface area contributed by atoms with E-state index >= 15 is 0 Å².